The summed E-state index contributed by atoms with van der Waals surface area (Å²) >= 11 is 3.01. The van der Waals surface area contributed by atoms with Gasteiger partial charge in [0.05, 0.1) is 22.9 Å². The van der Waals surface area contributed by atoms with Crippen molar-refractivity contribution in [2.45, 2.75) is 11.6 Å². The van der Waals surface area contributed by atoms with E-state index in [0.717, 1.165) is 33.6 Å². The topological polar surface area (TPSA) is 63.4 Å². The van der Waals surface area contributed by atoms with Crippen molar-refractivity contribution in [3.05, 3.63) is 53.4 Å². The first kappa shape index (κ1) is 17.0. The normalized spacial score (nSPS) is 13.9. The molecule has 1 amide bonds. The molecular weight excluding hydrogens is 366 g/mol. The number of aromatic nitrogens is 3. The van der Waals surface area contributed by atoms with Gasteiger partial charge in [-0.15, -0.1) is 21.5 Å². The summed E-state index contributed by atoms with van der Waals surface area (Å²) in [6.45, 7) is 0.628. The molecule has 132 valence electrons. The summed E-state index contributed by atoms with van der Waals surface area (Å²) in [6, 6.07) is 14.0. The second-order valence-corrected chi connectivity index (χ2v) is 7.70. The standard InChI is InChI=1S/C18H17N5OS2/c1-22-17(15-8-5-11-25-15)19-20-18(22)26-12-16(24)23-10-9-14(21-23)13-6-3-2-4-7-13/h2-8,11H,9-10,12H2,1H3. The molecule has 0 unspecified atom stereocenters. The molecule has 3 aromatic rings. The zero-order valence-corrected chi connectivity index (χ0v) is 15.8. The highest BCUT2D eigenvalue weighted by Gasteiger charge is 2.22. The maximum absolute atomic E-state index is 12.5. The Morgan fingerprint density at radius 3 is 2.81 bits per heavy atom. The summed E-state index contributed by atoms with van der Waals surface area (Å²) in [5.74, 6) is 1.10. The van der Waals surface area contributed by atoms with Gasteiger partial charge in [0.1, 0.15) is 0 Å². The van der Waals surface area contributed by atoms with Crippen LogP contribution in [-0.2, 0) is 11.8 Å². The van der Waals surface area contributed by atoms with Crippen molar-refractivity contribution >= 4 is 34.7 Å². The molecule has 0 fully saturated rings. The molecule has 0 saturated heterocycles. The fourth-order valence-corrected chi connectivity index (χ4v) is 4.26. The van der Waals surface area contributed by atoms with Gasteiger partial charge in [0, 0.05) is 13.5 Å². The third-order valence-corrected chi connectivity index (χ3v) is 5.97. The minimum absolute atomic E-state index is 0.0124. The highest BCUT2D eigenvalue weighted by atomic mass is 32.2. The Hall–Kier alpha value is -2.45. The molecule has 1 aromatic carbocycles. The van der Waals surface area contributed by atoms with Crippen LogP contribution in [0.2, 0.25) is 0 Å². The lowest BCUT2D eigenvalue weighted by Crippen LogP contribution is -2.25. The molecule has 2 aromatic heterocycles. The first-order chi connectivity index (χ1) is 12.7. The van der Waals surface area contributed by atoms with Gasteiger partial charge in [-0.25, -0.2) is 5.01 Å². The minimum atomic E-state index is -0.0124. The second-order valence-electron chi connectivity index (χ2n) is 5.81. The smallest absolute Gasteiger partial charge is 0.253 e. The van der Waals surface area contributed by atoms with Gasteiger partial charge < -0.3 is 4.57 Å². The predicted octanol–water partition coefficient (Wildman–Crippen LogP) is 3.27. The van der Waals surface area contributed by atoms with Crippen LogP contribution in [0.25, 0.3) is 10.7 Å². The fraction of sp³-hybridized carbons (Fsp3) is 0.222. The average molecular weight is 384 g/mol. The number of carbonyl (C=O) groups is 1. The molecule has 0 radical (unpaired) electrons. The summed E-state index contributed by atoms with van der Waals surface area (Å²) in [7, 11) is 1.92. The van der Waals surface area contributed by atoms with E-state index in [9.17, 15) is 4.79 Å². The fourth-order valence-electron chi connectivity index (χ4n) is 2.73. The summed E-state index contributed by atoms with van der Waals surface area (Å²) in [5, 5.41) is 17.2. The van der Waals surface area contributed by atoms with Gasteiger partial charge in [-0.3, -0.25) is 4.79 Å². The zero-order chi connectivity index (χ0) is 17.9. The lowest BCUT2D eigenvalue weighted by molar-refractivity contribution is -0.127. The van der Waals surface area contributed by atoms with Crippen LogP contribution in [-0.4, -0.2) is 43.7 Å². The Balaban J connectivity index is 1.40. The molecule has 1 aliphatic heterocycles. The SMILES string of the molecule is Cn1c(SCC(=O)N2CCC(c3ccccc3)=N2)nnc1-c1cccs1. The molecule has 4 rings (SSSR count). The van der Waals surface area contributed by atoms with Crippen molar-refractivity contribution in [3.63, 3.8) is 0 Å². The van der Waals surface area contributed by atoms with Crippen molar-refractivity contribution in [2.75, 3.05) is 12.3 Å². The van der Waals surface area contributed by atoms with Crippen molar-refractivity contribution < 1.29 is 4.79 Å². The lowest BCUT2D eigenvalue weighted by Gasteiger charge is -2.10. The predicted molar refractivity (Wildman–Crippen MR) is 104 cm³/mol. The number of hydrogen-bond donors (Lipinski definition) is 0. The summed E-state index contributed by atoms with van der Waals surface area (Å²) < 4.78 is 1.92. The largest absolute Gasteiger partial charge is 0.304 e. The summed E-state index contributed by atoms with van der Waals surface area (Å²) in [5.41, 5.74) is 2.03. The molecule has 1 aliphatic rings. The number of thiophene rings is 1. The third-order valence-electron chi connectivity index (χ3n) is 4.10. The van der Waals surface area contributed by atoms with Crippen LogP contribution in [0, 0.1) is 0 Å². The van der Waals surface area contributed by atoms with Gasteiger partial charge in [0.15, 0.2) is 11.0 Å². The van der Waals surface area contributed by atoms with Gasteiger partial charge >= 0.3 is 0 Å². The van der Waals surface area contributed by atoms with E-state index in [2.05, 4.69) is 15.3 Å². The second kappa shape index (κ2) is 7.43. The first-order valence-corrected chi connectivity index (χ1v) is 10.1. The van der Waals surface area contributed by atoms with Gasteiger partial charge in [0.2, 0.25) is 0 Å². The van der Waals surface area contributed by atoms with Crippen LogP contribution in [0.3, 0.4) is 0 Å². The molecular formula is C18H17N5OS2. The maximum Gasteiger partial charge on any atom is 0.253 e. The van der Waals surface area contributed by atoms with Gasteiger partial charge in [0.25, 0.3) is 5.91 Å². The minimum Gasteiger partial charge on any atom is -0.304 e. The van der Waals surface area contributed by atoms with Crippen molar-refractivity contribution in [3.8, 4) is 10.7 Å². The van der Waals surface area contributed by atoms with Crippen LogP contribution in [0.1, 0.15) is 12.0 Å². The number of rotatable bonds is 5. The van der Waals surface area contributed by atoms with E-state index in [-0.39, 0.29) is 5.91 Å². The molecule has 3 heterocycles. The van der Waals surface area contributed by atoms with Crippen LogP contribution >= 0.6 is 23.1 Å². The zero-order valence-electron chi connectivity index (χ0n) is 14.2. The van der Waals surface area contributed by atoms with Crippen molar-refractivity contribution in [2.24, 2.45) is 12.1 Å². The highest BCUT2D eigenvalue weighted by molar-refractivity contribution is 7.99. The van der Waals surface area contributed by atoms with E-state index < -0.39 is 0 Å². The number of benzene rings is 1. The third kappa shape index (κ3) is 3.42. The average Bonchev–Trinajstić information content (AvgIpc) is 3.41. The van der Waals surface area contributed by atoms with Gasteiger partial charge in [-0.1, -0.05) is 48.2 Å². The van der Waals surface area contributed by atoms with Gasteiger partial charge in [-0.05, 0) is 17.0 Å². The van der Waals surface area contributed by atoms with E-state index in [4.69, 9.17) is 0 Å². The maximum atomic E-state index is 12.5. The molecule has 0 N–H and O–H groups in total. The number of thioether (sulfide) groups is 1. The molecule has 0 atom stereocenters. The number of hydrazone groups is 1. The van der Waals surface area contributed by atoms with E-state index in [0.29, 0.717) is 12.3 Å². The highest BCUT2D eigenvalue weighted by Crippen LogP contribution is 2.26. The Morgan fingerprint density at radius 1 is 1.19 bits per heavy atom. The van der Waals surface area contributed by atoms with E-state index in [1.807, 2.05) is 59.5 Å². The monoisotopic (exact) mass is 383 g/mol. The Labute approximate surface area is 159 Å². The molecule has 0 aliphatic carbocycles. The van der Waals surface area contributed by atoms with Crippen LogP contribution in [0.4, 0.5) is 0 Å². The Kier molecular flexibility index (Phi) is 4.85. The summed E-state index contributed by atoms with van der Waals surface area (Å²) in [4.78, 5) is 13.5. The molecule has 8 heteroatoms. The van der Waals surface area contributed by atoms with Crippen LogP contribution in [0.5, 0.6) is 0 Å². The molecule has 0 spiro atoms. The number of nitrogens with zero attached hydrogens (tertiary/aromatic N) is 5. The molecule has 0 saturated carbocycles. The quantitative estimate of drug-likeness (QED) is 0.635. The Morgan fingerprint density at radius 2 is 2.04 bits per heavy atom. The number of carbonyl (C=O) groups excluding carboxylic acids is 1. The number of hydrogen-bond acceptors (Lipinski definition) is 6. The van der Waals surface area contributed by atoms with Crippen molar-refractivity contribution in [1.82, 2.24) is 19.8 Å². The van der Waals surface area contributed by atoms with E-state index in [1.165, 1.54) is 11.8 Å². The lowest BCUT2D eigenvalue weighted by atomic mass is 10.1. The molecule has 6 nitrogen and oxygen atoms in total. The number of amides is 1. The summed E-state index contributed by atoms with van der Waals surface area (Å²) in [6.07, 6.45) is 0.785. The first-order valence-electron chi connectivity index (χ1n) is 8.21. The van der Waals surface area contributed by atoms with E-state index >= 15 is 0 Å². The van der Waals surface area contributed by atoms with Crippen LogP contribution in [0.15, 0.2) is 58.1 Å². The molecule has 0 bridgehead atoms. The molecule has 26 heavy (non-hydrogen) atoms. The van der Waals surface area contributed by atoms with Gasteiger partial charge in [-0.2, -0.15) is 5.10 Å². The Bertz CT molecular complexity index is 934. The van der Waals surface area contributed by atoms with E-state index in [1.54, 1.807) is 16.3 Å². The van der Waals surface area contributed by atoms with Crippen LogP contribution < -0.4 is 0 Å². The van der Waals surface area contributed by atoms with Crippen molar-refractivity contribution in [1.29, 1.82) is 0 Å².